The number of piperidine rings is 1. The topological polar surface area (TPSA) is 67.4 Å². The summed E-state index contributed by atoms with van der Waals surface area (Å²) >= 11 is 0. The van der Waals surface area contributed by atoms with Crippen LogP contribution in [0, 0.1) is 0 Å². The molecule has 0 radical (unpaired) electrons. The highest BCUT2D eigenvalue weighted by atomic mass is 35.5. The monoisotopic (exact) mass is 449 g/mol. The lowest BCUT2D eigenvalue weighted by Crippen LogP contribution is -2.46. The van der Waals surface area contributed by atoms with Crippen molar-refractivity contribution in [1.82, 2.24) is 19.6 Å². The molecule has 3 rings (SSSR count). The second kappa shape index (κ2) is 12.9. The van der Waals surface area contributed by atoms with Crippen LogP contribution >= 0.6 is 37.2 Å². The van der Waals surface area contributed by atoms with Crippen molar-refractivity contribution in [3.05, 3.63) is 48.3 Å². The third kappa shape index (κ3) is 7.51. The minimum atomic E-state index is 0. The van der Waals surface area contributed by atoms with Gasteiger partial charge in [0.15, 0.2) is 0 Å². The summed E-state index contributed by atoms with van der Waals surface area (Å²) < 4.78 is 1.97. The van der Waals surface area contributed by atoms with Gasteiger partial charge in [0.2, 0.25) is 5.91 Å². The summed E-state index contributed by atoms with van der Waals surface area (Å²) in [5, 5.41) is 4.24. The van der Waals surface area contributed by atoms with E-state index in [0.717, 1.165) is 50.3 Å². The van der Waals surface area contributed by atoms with Crippen LogP contribution in [0.15, 0.2) is 42.7 Å². The van der Waals surface area contributed by atoms with Gasteiger partial charge < -0.3 is 15.5 Å². The molecule has 0 aliphatic carbocycles. The van der Waals surface area contributed by atoms with Crippen LogP contribution in [0.1, 0.15) is 18.4 Å². The van der Waals surface area contributed by atoms with E-state index in [0.29, 0.717) is 12.5 Å². The first-order valence-electron chi connectivity index (χ1n) is 8.91. The summed E-state index contributed by atoms with van der Waals surface area (Å²) in [6, 6.07) is 9.84. The fourth-order valence-electron chi connectivity index (χ4n) is 3.35. The number of anilines is 1. The Kier molecular flexibility index (Phi) is 12.2. The zero-order valence-electron chi connectivity index (χ0n) is 16.1. The predicted octanol–water partition coefficient (Wildman–Crippen LogP) is 2.90. The van der Waals surface area contributed by atoms with E-state index < -0.39 is 0 Å². The van der Waals surface area contributed by atoms with Crippen molar-refractivity contribution < 1.29 is 4.79 Å². The molecule has 1 amide bonds. The number of aromatic nitrogens is 2. The number of likely N-dealkylation sites (tertiary alicyclic amines) is 1. The third-order valence-electron chi connectivity index (χ3n) is 5.04. The van der Waals surface area contributed by atoms with Crippen LogP contribution in [0.25, 0.3) is 0 Å². The van der Waals surface area contributed by atoms with E-state index in [1.807, 2.05) is 59.4 Å². The summed E-state index contributed by atoms with van der Waals surface area (Å²) in [6.07, 6.45) is 6.31. The van der Waals surface area contributed by atoms with Crippen LogP contribution in [0.2, 0.25) is 0 Å². The molecule has 158 valence electrons. The molecule has 1 saturated heterocycles. The molecular weight excluding hydrogens is 421 g/mol. The van der Waals surface area contributed by atoms with Crippen molar-refractivity contribution in [2.75, 3.05) is 32.4 Å². The molecule has 2 heterocycles. The Balaban J connectivity index is 0.00000243. The van der Waals surface area contributed by atoms with E-state index in [2.05, 4.69) is 10.00 Å². The molecule has 0 saturated carbocycles. The molecule has 1 aromatic carbocycles. The summed E-state index contributed by atoms with van der Waals surface area (Å²) in [5.74, 6) is 0.180. The Hall–Kier alpha value is -1.47. The lowest BCUT2D eigenvalue weighted by atomic mass is 10.0. The van der Waals surface area contributed by atoms with Gasteiger partial charge in [0.25, 0.3) is 0 Å². The number of nitrogens with zero attached hydrogens (tertiary/aromatic N) is 4. The lowest BCUT2D eigenvalue weighted by molar-refractivity contribution is -0.132. The molecule has 2 N–H and O–H groups in total. The average molecular weight is 451 g/mol. The van der Waals surface area contributed by atoms with Crippen molar-refractivity contribution in [1.29, 1.82) is 0 Å². The number of nitrogens with two attached hydrogens (primary N) is 1. The van der Waals surface area contributed by atoms with Crippen LogP contribution < -0.4 is 5.73 Å². The predicted molar refractivity (Wildman–Crippen MR) is 121 cm³/mol. The Morgan fingerprint density at radius 2 is 1.79 bits per heavy atom. The molecule has 9 heteroatoms. The number of rotatable bonds is 6. The van der Waals surface area contributed by atoms with Crippen molar-refractivity contribution in [2.45, 2.75) is 31.8 Å². The molecule has 0 unspecified atom stereocenters. The van der Waals surface area contributed by atoms with E-state index in [9.17, 15) is 4.79 Å². The van der Waals surface area contributed by atoms with E-state index in [1.54, 1.807) is 0 Å². The van der Waals surface area contributed by atoms with Crippen LogP contribution in [0.4, 0.5) is 5.69 Å². The number of nitrogen functional groups attached to an aromatic ring is 1. The highest BCUT2D eigenvalue weighted by Gasteiger charge is 2.25. The lowest BCUT2D eigenvalue weighted by Gasteiger charge is -2.36. The van der Waals surface area contributed by atoms with Crippen molar-refractivity contribution in [2.24, 2.45) is 0 Å². The van der Waals surface area contributed by atoms with Gasteiger partial charge in [0.1, 0.15) is 0 Å². The third-order valence-corrected chi connectivity index (χ3v) is 5.04. The number of carbonyl (C=O) groups excluding carboxylic acids is 1. The molecule has 1 aromatic heterocycles. The Morgan fingerprint density at radius 3 is 2.36 bits per heavy atom. The highest BCUT2D eigenvalue weighted by Crippen LogP contribution is 2.17. The first-order chi connectivity index (χ1) is 12.1. The SMILES string of the molecule is CN(C(=O)Cc1ccc(N)cc1)C1CCN(CCn2cccn2)CC1.Cl.Cl.Cl. The van der Waals surface area contributed by atoms with Gasteiger partial charge in [0.05, 0.1) is 13.0 Å². The quantitative estimate of drug-likeness (QED) is 0.687. The zero-order chi connectivity index (χ0) is 17.6. The number of likely N-dealkylation sites (N-methyl/N-ethyl adjacent to an activating group) is 1. The maximum Gasteiger partial charge on any atom is 0.226 e. The minimum Gasteiger partial charge on any atom is -0.399 e. The first-order valence-corrected chi connectivity index (χ1v) is 8.91. The number of amides is 1. The first kappa shape index (κ1) is 26.5. The minimum absolute atomic E-state index is 0. The second-order valence-electron chi connectivity index (χ2n) is 6.76. The Morgan fingerprint density at radius 1 is 1.14 bits per heavy atom. The summed E-state index contributed by atoms with van der Waals surface area (Å²) in [5.41, 5.74) is 7.44. The van der Waals surface area contributed by atoms with Gasteiger partial charge in [-0.15, -0.1) is 37.2 Å². The number of hydrogen-bond acceptors (Lipinski definition) is 4. The smallest absolute Gasteiger partial charge is 0.226 e. The summed E-state index contributed by atoms with van der Waals surface area (Å²) in [4.78, 5) is 16.9. The fourth-order valence-corrected chi connectivity index (χ4v) is 3.35. The van der Waals surface area contributed by atoms with Crippen LogP contribution in [-0.4, -0.2) is 58.2 Å². The molecule has 6 nitrogen and oxygen atoms in total. The number of halogens is 3. The molecule has 0 atom stereocenters. The summed E-state index contributed by atoms with van der Waals surface area (Å²) in [7, 11) is 1.93. The van der Waals surface area contributed by atoms with Gasteiger partial charge in [-0.05, 0) is 36.6 Å². The molecule has 1 aliphatic rings. The fraction of sp³-hybridized carbons (Fsp3) is 0.474. The van der Waals surface area contributed by atoms with Gasteiger partial charge in [-0.2, -0.15) is 5.10 Å². The number of benzene rings is 1. The Labute approximate surface area is 185 Å². The van der Waals surface area contributed by atoms with Gasteiger partial charge in [-0.25, -0.2) is 0 Å². The molecule has 1 fully saturated rings. The Bertz CT molecular complexity index is 673. The molecule has 0 bridgehead atoms. The second-order valence-corrected chi connectivity index (χ2v) is 6.76. The summed E-state index contributed by atoms with van der Waals surface area (Å²) in [6.45, 7) is 4.00. The van der Waals surface area contributed by atoms with E-state index in [-0.39, 0.29) is 43.1 Å². The van der Waals surface area contributed by atoms with Crippen molar-refractivity contribution in [3.63, 3.8) is 0 Å². The number of carbonyl (C=O) groups is 1. The highest BCUT2D eigenvalue weighted by molar-refractivity contribution is 5.86. The largest absolute Gasteiger partial charge is 0.399 e. The van der Waals surface area contributed by atoms with Gasteiger partial charge in [-0.1, -0.05) is 12.1 Å². The van der Waals surface area contributed by atoms with Crippen LogP contribution in [-0.2, 0) is 17.8 Å². The average Bonchev–Trinajstić information content (AvgIpc) is 3.15. The van der Waals surface area contributed by atoms with Crippen LogP contribution in [0.3, 0.4) is 0 Å². The normalized spacial score (nSPS) is 14.3. The zero-order valence-corrected chi connectivity index (χ0v) is 18.5. The molecule has 1 aliphatic heterocycles. The molecule has 28 heavy (non-hydrogen) atoms. The van der Waals surface area contributed by atoms with Gasteiger partial charge in [0, 0.05) is 50.8 Å². The van der Waals surface area contributed by atoms with E-state index in [1.165, 1.54) is 0 Å². The van der Waals surface area contributed by atoms with E-state index >= 15 is 0 Å². The van der Waals surface area contributed by atoms with Crippen molar-refractivity contribution in [3.8, 4) is 0 Å². The number of hydrogen-bond donors (Lipinski definition) is 1. The van der Waals surface area contributed by atoms with Crippen LogP contribution in [0.5, 0.6) is 0 Å². The molecular formula is C19H30Cl3N5O. The standard InChI is InChI=1S/C19H27N5O.3ClH/c1-22(19(25)15-16-3-5-17(20)6-4-16)18-7-11-23(12-8-18)13-14-24-10-2-9-21-24;;;/h2-6,9-10,18H,7-8,11-15,20H2,1H3;3*1H. The van der Waals surface area contributed by atoms with Gasteiger partial charge >= 0.3 is 0 Å². The van der Waals surface area contributed by atoms with E-state index in [4.69, 9.17) is 5.73 Å². The molecule has 0 spiro atoms. The maximum absolute atomic E-state index is 12.5. The van der Waals surface area contributed by atoms with Gasteiger partial charge in [-0.3, -0.25) is 9.48 Å². The maximum atomic E-state index is 12.5. The van der Waals surface area contributed by atoms with Crippen molar-refractivity contribution >= 4 is 48.8 Å². The molecule has 2 aromatic rings.